The Bertz CT molecular complexity index is 1070. The molecule has 1 N–H and O–H groups in total. The number of amides is 1. The van der Waals surface area contributed by atoms with E-state index in [0.717, 1.165) is 16.3 Å². The highest BCUT2D eigenvalue weighted by Crippen LogP contribution is 2.27. The average Bonchev–Trinajstić information content (AvgIpc) is 3.32. The summed E-state index contributed by atoms with van der Waals surface area (Å²) in [5.41, 5.74) is 2.38. The molecule has 4 heterocycles. The third kappa shape index (κ3) is 4.13. The second-order valence-electron chi connectivity index (χ2n) is 7.82. The monoisotopic (exact) mass is 428 g/mol. The minimum Gasteiger partial charge on any atom is -0.341 e. The first-order valence-corrected chi connectivity index (χ1v) is 10.1. The standard InChI is InChI=1S/C20H25FN8O2/c1-13-8-24-27(3)18(13)17-16(21)10-23-20(25-17)28-6-4-14(5-7-28)19(30)29(31)11-15-9-22-12-26(15)2/h8-10,12,14,31H,4-7,11H2,1-3H3. The number of hydrogen-bond acceptors (Lipinski definition) is 7. The van der Waals surface area contributed by atoms with E-state index in [1.165, 1.54) is 6.20 Å². The maximum atomic E-state index is 14.4. The fraction of sp³-hybridized carbons (Fsp3) is 0.450. The Balaban J connectivity index is 1.42. The van der Waals surface area contributed by atoms with Crippen molar-refractivity contribution in [2.24, 2.45) is 20.0 Å². The summed E-state index contributed by atoms with van der Waals surface area (Å²) < 4.78 is 17.8. The van der Waals surface area contributed by atoms with Gasteiger partial charge < -0.3 is 9.47 Å². The minimum absolute atomic E-state index is 0.0873. The maximum Gasteiger partial charge on any atom is 0.249 e. The zero-order valence-corrected chi connectivity index (χ0v) is 17.7. The van der Waals surface area contributed by atoms with E-state index in [1.807, 2.05) is 18.9 Å². The largest absolute Gasteiger partial charge is 0.341 e. The van der Waals surface area contributed by atoms with Crippen LogP contribution in [0.15, 0.2) is 24.9 Å². The van der Waals surface area contributed by atoms with E-state index >= 15 is 0 Å². The van der Waals surface area contributed by atoms with E-state index in [2.05, 4.69) is 20.1 Å². The Labute approximate surface area is 178 Å². The van der Waals surface area contributed by atoms with Crippen LogP contribution in [0.2, 0.25) is 0 Å². The number of imidazole rings is 1. The predicted molar refractivity (Wildman–Crippen MR) is 109 cm³/mol. The second kappa shape index (κ2) is 8.42. The highest BCUT2D eigenvalue weighted by molar-refractivity contribution is 5.78. The molecule has 0 spiro atoms. The van der Waals surface area contributed by atoms with Crippen LogP contribution in [0.3, 0.4) is 0 Å². The molecule has 0 saturated carbocycles. The first-order valence-electron chi connectivity index (χ1n) is 10.1. The van der Waals surface area contributed by atoms with Crippen LogP contribution in [-0.2, 0) is 25.4 Å². The molecule has 0 aromatic carbocycles. The fourth-order valence-electron chi connectivity index (χ4n) is 3.87. The Kier molecular flexibility index (Phi) is 5.68. The van der Waals surface area contributed by atoms with E-state index < -0.39 is 5.82 Å². The molecule has 1 fully saturated rings. The van der Waals surface area contributed by atoms with E-state index in [9.17, 15) is 14.4 Å². The smallest absolute Gasteiger partial charge is 0.249 e. The summed E-state index contributed by atoms with van der Waals surface area (Å²) in [5.74, 6) is -0.703. The summed E-state index contributed by atoms with van der Waals surface area (Å²) in [5, 5.41) is 15.1. The number of aryl methyl sites for hydroxylation is 3. The molecular formula is C20H25FN8O2. The highest BCUT2D eigenvalue weighted by Gasteiger charge is 2.30. The van der Waals surface area contributed by atoms with Crippen molar-refractivity contribution in [3.05, 3.63) is 42.0 Å². The summed E-state index contributed by atoms with van der Waals surface area (Å²) in [4.78, 5) is 27.2. The SMILES string of the molecule is Cc1cnn(C)c1-c1nc(N2CCC(C(=O)N(O)Cc3cncn3C)CC2)ncc1F. The average molecular weight is 428 g/mol. The van der Waals surface area contributed by atoms with Gasteiger partial charge in [0.05, 0.1) is 42.9 Å². The molecule has 1 saturated heterocycles. The van der Waals surface area contributed by atoms with Crippen molar-refractivity contribution >= 4 is 11.9 Å². The number of nitrogens with zero attached hydrogens (tertiary/aromatic N) is 8. The van der Waals surface area contributed by atoms with Crippen LogP contribution in [0.1, 0.15) is 24.1 Å². The number of aromatic nitrogens is 6. The topological polar surface area (TPSA) is 105 Å². The van der Waals surface area contributed by atoms with Gasteiger partial charge in [-0.2, -0.15) is 5.10 Å². The number of hydroxylamine groups is 2. The van der Waals surface area contributed by atoms with E-state index in [4.69, 9.17) is 0 Å². The lowest BCUT2D eigenvalue weighted by Crippen LogP contribution is -2.42. The quantitative estimate of drug-likeness (QED) is 0.487. The normalized spacial score (nSPS) is 14.8. The lowest BCUT2D eigenvalue weighted by Gasteiger charge is -2.32. The van der Waals surface area contributed by atoms with Crippen LogP contribution in [0.5, 0.6) is 0 Å². The van der Waals surface area contributed by atoms with Gasteiger partial charge in [0.15, 0.2) is 5.82 Å². The summed E-state index contributed by atoms with van der Waals surface area (Å²) >= 11 is 0. The predicted octanol–water partition coefficient (Wildman–Crippen LogP) is 1.69. The van der Waals surface area contributed by atoms with Gasteiger partial charge in [-0.05, 0) is 25.3 Å². The number of anilines is 1. The highest BCUT2D eigenvalue weighted by atomic mass is 19.1. The lowest BCUT2D eigenvalue weighted by atomic mass is 9.96. The lowest BCUT2D eigenvalue weighted by molar-refractivity contribution is -0.173. The molecule has 3 aromatic rings. The van der Waals surface area contributed by atoms with Gasteiger partial charge in [-0.25, -0.2) is 24.4 Å². The summed E-state index contributed by atoms with van der Waals surface area (Å²) in [6.45, 7) is 3.01. The van der Waals surface area contributed by atoms with Crippen molar-refractivity contribution in [2.75, 3.05) is 18.0 Å². The van der Waals surface area contributed by atoms with Gasteiger partial charge in [-0.15, -0.1) is 0 Å². The van der Waals surface area contributed by atoms with Gasteiger partial charge in [0, 0.05) is 33.1 Å². The van der Waals surface area contributed by atoms with Crippen molar-refractivity contribution in [2.45, 2.75) is 26.3 Å². The van der Waals surface area contributed by atoms with Crippen LogP contribution < -0.4 is 4.90 Å². The zero-order chi connectivity index (χ0) is 22.1. The molecular weight excluding hydrogens is 403 g/mol. The molecule has 164 valence electrons. The first-order chi connectivity index (χ1) is 14.8. The van der Waals surface area contributed by atoms with Gasteiger partial charge in [-0.3, -0.25) is 14.7 Å². The number of carbonyl (C=O) groups is 1. The Morgan fingerprint density at radius 1 is 1.26 bits per heavy atom. The summed E-state index contributed by atoms with van der Waals surface area (Å²) in [7, 11) is 3.55. The van der Waals surface area contributed by atoms with Crippen molar-refractivity contribution in [3.63, 3.8) is 0 Å². The van der Waals surface area contributed by atoms with Gasteiger partial charge in [0.2, 0.25) is 11.9 Å². The van der Waals surface area contributed by atoms with Crippen molar-refractivity contribution < 1.29 is 14.4 Å². The van der Waals surface area contributed by atoms with Crippen LogP contribution >= 0.6 is 0 Å². The second-order valence-corrected chi connectivity index (χ2v) is 7.82. The van der Waals surface area contributed by atoms with E-state index in [-0.39, 0.29) is 24.1 Å². The molecule has 1 aliphatic rings. The molecule has 0 bridgehead atoms. The molecule has 3 aromatic heterocycles. The van der Waals surface area contributed by atoms with Gasteiger partial charge in [-0.1, -0.05) is 0 Å². The molecule has 0 unspecified atom stereocenters. The number of halogens is 1. The Morgan fingerprint density at radius 3 is 2.61 bits per heavy atom. The molecule has 4 rings (SSSR count). The molecule has 11 heteroatoms. The molecule has 31 heavy (non-hydrogen) atoms. The van der Waals surface area contributed by atoms with Crippen LogP contribution in [0, 0.1) is 18.7 Å². The van der Waals surface area contributed by atoms with Gasteiger partial charge >= 0.3 is 0 Å². The Morgan fingerprint density at radius 2 is 2.00 bits per heavy atom. The van der Waals surface area contributed by atoms with Crippen LogP contribution in [-0.4, -0.2) is 58.6 Å². The Hall–Kier alpha value is -3.34. The zero-order valence-electron chi connectivity index (χ0n) is 17.7. The number of piperidine rings is 1. The summed E-state index contributed by atoms with van der Waals surface area (Å²) in [6.07, 6.45) is 7.16. The van der Waals surface area contributed by atoms with Crippen molar-refractivity contribution in [3.8, 4) is 11.4 Å². The van der Waals surface area contributed by atoms with Gasteiger partial charge in [0.25, 0.3) is 0 Å². The van der Waals surface area contributed by atoms with Crippen molar-refractivity contribution in [1.82, 2.24) is 34.4 Å². The van der Waals surface area contributed by atoms with Gasteiger partial charge in [0.1, 0.15) is 5.69 Å². The molecule has 1 amide bonds. The third-order valence-electron chi connectivity index (χ3n) is 5.69. The third-order valence-corrected chi connectivity index (χ3v) is 5.69. The fourth-order valence-corrected chi connectivity index (χ4v) is 3.87. The molecule has 1 aliphatic heterocycles. The minimum atomic E-state index is -0.508. The molecule has 0 aliphatic carbocycles. The molecule has 0 radical (unpaired) electrons. The van der Waals surface area contributed by atoms with Crippen LogP contribution in [0.25, 0.3) is 11.4 Å². The maximum absolute atomic E-state index is 14.4. The van der Waals surface area contributed by atoms with Crippen LogP contribution in [0.4, 0.5) is 10.3 Å². The first kappa shape index (κ1) is 20.9. The molecule has 0 atom stereocenters. The number of carbonyl (C=O) groups excluding carboxylic acids is 1. The number of rotatable bonds is 5. The van der Waals surface area contributed by atoms with Crippen molar-refractivity contribution in [1.29, 1.82) is 0 Å². The van der Waals surface area contributed by atoms with E-state index in [1.54, 1.807) is 35.0 Å². The molecule has 10 nitrogen and oxygen atoms in total. The summed E-state index contributed by atoms with van der Waals surface area (Å²) in [6, 6.07) is 0. The number of hydrogen-bond donors (Lipinski definition) is 1. The van der Waals surface area contributed by atoms with E-state index in [0.29, 0.717) is 37.6 Å².